The van der Waals surface area contributed by atoms with Gasteiger partial charge in [0.05, 0.1) is 16.5 Å². The number of rotatable bonds is 2. The highest BCUT2D eigenvalue weighted by Gasteiger charge is 2.29. The van der Waals surface area contributed by atoms with Gasteiger partial charge in [-0.05, 0) is 47.8 Å². The Kier molecular flexibility index (Phi) is 3.50. The fourth-order valence-electron chi connectivity index (χ4n) is 1.98. The summed E-state index contributed by atoms with van der Waals surface area (Å²) in [6, 6.07) is 2.31. The zero-order valence-corrected chi connectivity index (χ0v) is 11.4. The predicted molar refractivity (Wildman–Crippen MR) is 67.2 cm³/mol. The Hall–Kier alpha value is 0.100. The van der Waals surface area contributed by atoms with Crippen molar-refractivity contribution in [3.63, 3.8) is 0 Å². The summed E-state index contributed by atoms with van der Waals surface area (Å²) in [5.74, 6) is 0.477. The lowest BCUT2D eigenvalue weighted by Gasteiger charge is -2.15. The van der Waals surface area contributed by atoms with Crippen LogP contribution < -0.4 is 5.73 Å². The van der Waals surface area contributed by atoms with Crippen LogP contribution in [0.15, 0.2) is 9.85 Å². The summed E-state index contributed by atoms with van der Waals surface area (Å²) in [7, 11) is 0. The normalized spacial score (nSPS) is 28.3. The standard InChI is InChI=1S/C11H16BrNOS/c1-6-3-9(15-11(6)12)10(13)8-4-7(2)14-5-8/h3,7-8,10H,4-5,13H2,1-2H3. The van der Waals surface area contributed by atoms with Gasteiger partial charge >= 0.3 is 0 Å². The van der Waals surface area contributed by atoms with E-state index in [2.05, 4.69) is 35.8 Å². The second-order valence-corrected chi connectivity index (χ2v) is 6.67. The van der Waals surface area contributed by atoms with Gasteiger partial charge < -0.3 is 10.5 Å². The molecule has 0 aliphatic carbocycles. The van der Waals surface area contributed by atoms with Gasteiger partial charge in [-0.3, -0.25) is 0 Å². The fraction of sp³-hybridized carbons (Fsp3) is 0.636. The Morgan fingerprint density at radius 1 is 1.67 bits per heavy atom. The maximum atomic E-state index is 6.25. The molecule has 2 N–H and O–H groups in total. The first-order valence-corrected chi connectivity index (χ1v) is 6.82. The number of aryl methyl sites for hydroxylation is 1. The van der Waals surface area contributed by atoms with Crippen molar-refractivity contribution in [1.29, 1.82) is 0 Å². The largest absolute Gasteiger partial charge is 0.378 e. The Bertz CT molecular complexity index is 333. The van der Waals surface area contributed by atoms with E-state index >= 15 is 0 Å². The van der Waals surface area contributed by atoms with Crippen LogP contribution in [0.4, 0.5) is 0 Å². The molecule has 84 valence electrons. The van der Waals surface area contributed by atoms with E-state index in [1.807, 2.05) is 0 Å². The van der Waals surface area contributed by atoms with Crippen LogP contribution >= 0.6 is 27.3 Å². The summed E-state index contributed by atoms with van der Waals surface area (Å²) in [6.45, 7) is 5.02. The molecule has 0 radical (unpaired) electrons. The lowest BCUT2D eigenvalue weighted by atomic mass is 9.96. The summed E-state index contributed by atoms with van der Waals surface area (Å²) >= 11 is 5.28. The van der Waals surface area contributed by atoms with Crippen LogP contribution in [-0.2, 0) is 4.74 Å². The average molecular weight is 290 g/mol. The van der Waals surface area contributed by atoms with Crippen molar-refractivity contribution in [2.24, 2.45) is 11.7 Å². The maximum Gasteiger partial charge on any atom is 0.0731 e. The molecule has 2 heterocycles. The van der Waals surface area contributed by atoms with Crippen LogP contribution in [0, 0.1) is 12.8 Å². The van der Waals surface area contributed by atoms with Crippen LogP contribution in [0.3, 0.4) is 0 Å². The van der Waals surface area contributed by atoms with E-state index in [4.69, 9.17) is 10.5 Å². The second kappa shape index (κ2) is 4.53. The molecule has 15 heavy (non-hydrogen) atoms. The number of thiophene rings is 1. The molecule has 2 rings (SSSR count). The molecule has 0 spiro atoms. The molecule has 1 aromatic rings. The first-order valence-electron chi connectivity index (χ1n) is 5.21. The van der Waals surface area contributed by atoms with Gasteiger partial charge in [0.2, 0.25) is 0 Å². The zero-order valence-electron chi connectivity index (χ0n) is 9.00. The van der Waals surface area contributed by atoms with Crippen LogP contribution in [0.1, 0.15) is 29.8 Å². The molecule has 4 heteroatoms. The molecule has 3 unspecified atom stereocenters. The summed E-state index contributed by atoms with van der Waals surface area (Å²) in [6.07, 6.45) is 1.45. The number of ether oxygens (including phenoxy) is 1. The lowest BCUT2D eigenvalue weighted by molar-refractivity contribution is 0.118. The van der Waals surface area contributed by atoms with E-state index in [-0.39, 0.29) is 6.04 Å². The molecule has 1 saturated heterocycles. The minimum Gasteiger partial charge on any atom is -0.378 e. The van der Waals surface area contributed by atoms with E-state index in [1.54, 1.807) is 11.3 Å². The van der Waals surface area contributed by atoms with Crippen LogP contribution in [0.25, 0.3) is 0 Å². The second-order valence-electron chi connectivity index (χ2n) is 4.27. The van der Waals surface area contributed by atoms with Crippen molar-refractivity contribution in [2.45, 2.75) is 32.4 Å². The van der Waals surface area contributed by atoms with Gasteiger partial charge in [-0.1, -0.05) is 0 Å². The third-order valence-electron chi connectivity index (χ3n) is 2.94. The molecule has 3 atom stereocenters. The van der Waals surface area contributed by atoms with Crippen molar-refractivity contribution < 1.29 is 4.74 Å². The van der Waals surface area contributed by atoms with E-state index in [1.165, 1.54) is 14.2 Å². The predicted octanol–water partition coefficient (Wildman–Crippen LogP) is 3.24. The molecular formula is C11H16BrNOS. The molecule has 1 aromatic heterocycles. The molecule has 0 bridgehead atoms. The summed E-state index contributed by atoms with van der Waals surface area (Å²) in [5, 5.41) is 0. The molecular weight excluding hydrogens is 274 g/mol. The Balaban J connectivity index is 2.10. The van der Waals surface area contributed by atoms with Gasteiger partial charge in [0.1, 0.15) is 0 Å². The third-order valence-corrected chi connectivity index (χ3v) is 5.18. The van der Waals surface area contributed by atoms with Gasteiger partial charge in [0, 0.05) is 16.8 Å². The van der Waals surface area contributed by atoms with Crippen LogP contribution in [0.5, 0.6) is 0 Å². The fourth-order valence-corrected chi connectivity index (χ4v) is 3.65. The first kappa shape index (κ1) is 11.6. The molecule has 1 fully saturated rings. The molecule has 2 nitrogen and oxygen atoms in total. The Morgan fingerprint density at radius 2 is 2.40 bits per heavy atom. The highest BCUT2D eigenvalue weighted by atomic mass is 79.9. The van der Waals surface area contributed by atoms with Crippen molar-refractivity contribution in [3.8, 4) is 0 Å². The van der Waals surface area contributed by atoms with E-state index in [0.29, 0.717) is 12.0 Å². The van der Waals surface area contributed by atoms with E-state index in [0.717, 1.165) is 13.0 Å². The van der Waals surface area contributed by atoms with Gasteiger partial charge in [0.25, 0.3) is 0 Å². The van der Waals surface area contributed by atoms with Crippen molar-refractivity contribution in [1.82, 2.24) is 0 Å². The molecule has 0 aromatic carbocycles. The molecule has 0 amide bonds. The molecule has 1 aliphatic heterocycles. The highest BCUT2D eigenvalue weighted by Crippen LogP contribution is 2.36. The SMILES string of the molecule is Cc1cc(C(N)C2COC(C)C2)sc1Br. The van der Waals surface area contributed by atoms with Crippen LogP contribution in [-0.4, -0.2) is 12.7 Å². The Labute approximate surface area is 103 Å². The number of nitrogens with two attached hydrogens (primary N) is 1. The Morgan fingerprint density at radius 3 is 2.87 bits per heavy atom. The minimum atomic E-state index is 0.130. The quantitative estimate of drug-likeness (QED) is 0.907. The lowest BCUT2D eigenvalue weighted by Crippen LogP contribution is -2.20. The summed E-state index contributed by atoms with van der Waals surface area (Å²) < 4.78 is 6.75. The van der Waals surface area contributed by atoms with Gasteiger partial charge in [-0.15, -0.1) is 11.3 Å². The third kappa shape index (κ3) is 2.44. The van der Waals surface area contributed by atoms with Crippen molar-refractivity contribution >= 4 is 27.3 Å². The average Bonchev–Trinajstić information content (AvgIpc) is 2.74. The zero-order chi connectivity index (χ0) is 11.0. The first-order chi connectivity index (χ1) is 7.08. The number of halogens is 1. The van der Waals surface area contributed by atoms with E-state index < -0.39 is 0 Å². The minimum absolute atomic E-state index is 0.130. The topological polar surface area (TPSA) is 35.2 Å². The smallest absolute Gasteiger partial charge is 0.0731 e. The van der Waals surface area contributed by atoms with Crippen molar-refractivity contribution in [3.05, 3.63) is 20.3 Å². The monoisotopic (exact) mass is 289 g/mol. The van der Waals surface area contributed by atoms with Gasteiger partial charge in [0.15, 0.2) is 0 Å². The van der Waals surface area contributed by atoms with Crippen LogP contribution in [0.2, 0.25) is 0 Å². The molecule has 1 aliphatic rings. The maximum absolute atomic E-state index is 6.25. The summed E-state index contributed by atoms with van der Waals surface area (Å²) in [4.78, 5) is 1.27. The van der Waals surface area contributed by atoms with Gasteiger partial charge in [-0.25, -0.2) is 0 Å². The van der Waals surface area contributed by atoms with Crippen molar-refractivity contribution in [2.75, 3.05) is 6.61 Å². The highest BCUT2D eigenvalue weighted by molar-refractivity contribution is 9.11. The molecule has 0 saturated carbocycles. The summed E-state index contributed by atoms with van der Waals surface area (Å²) in [5.41, 5.74) is 7.53. The number of hydrogen-bond donors (Lipinski definition) is 1. The number of hydrogen-bond acceptors (Lipinski definition) is 3. The van der Waals surface area contributed by atoms with Gasteiger partial charge in [-0.2, -0.15) is 0 Å². The van der Waals surface area contributed by atoms with E-state index in [9.17, 15) is 0 Å².